The molecule has 3 rings (SSSR count). The fraction of sp³-hybridized carbons (Fsp3) is 0.500. The van der Waals surface area contributed by atoms with Gasteiger partial charge in [-0.25, -0.2) is 0 Å². The van der Waals surface area contributed by atoms with Gasteiger partial charge in [0.15, 0.2) is 5.78 Å². The zero-order chi connectivity index (χ0) is 23.1. The summed E-state index contributed by atoms with van der Waals surface area (Å²) in [5, 5.41) is 0. The van der Waals surface area contributed by atoms with E-state index >= 15 is 0 Å². The molecule has 0 bridgehead atoms. The maximum Gasteiger partial charge on any atom is 0.196 e. The summed E-state index contributed by atoms with van der Waals surface area (Å²) in [6, 6.07) is 7.43. The highest BCUT2D eigenvalue weighted by molar-refractivity contribution is 6.26. The van der Waals surface area contributed by atoms with Gasteiger partial charge >= 0.3 is 0 Å². The molecule has 0 saturated heterocycles. The van der Waals surface area contributed by atoms with E-state index in [2.05, 4.69) is 25.7 Å². The largest absolute Gasteiger partial charge is 0.493 e. The molecule has 2 aromatic carbocycles. The minimum absolute atomic E-state index is 0.107. The van der Waals surface area contributed by atoms with Crippen molar-refractivity contribution >= 4 is 11.5 Å². The van der Waals surface area contributed by atoms with Crippen LogP contribution < -0.4 is 19.9 Å². The maximum atomic E-state index is 13.4. The average Bonchev–Trinajstić information content (AvgIpc) is 3.11. The number of anilines is 1. The molecule has 0 saturated carbocycles. The average molecular weight is 441 g/mol. The number of fused-ring (bicyclic) bond motifs is 3. The lowest BCUT2D eigenvalue weighted by Crippen LogP contribution is -2.28. The fourth-order valence-electron chi connectivity index (χ4n) is 3.96. The van der Waals surface area contributed by atoms with Crippen molar-refractivity contribution < 1.29 is 19.0 Å². The first kappa shape index (κ1) is 23.9. The number of carbonyl (C=O) groups is 1. The van der Waals surface area contributed by atoms with Gasteiger partial charge in [0, 0.05) is 29.3 Å². The van der Waals surface area contributed by atoms with Crippen molar-refractivity contribution in [2.24, 2.45) is 0 Å². The first-order chi connectivity index (χ1) is 15.6. The highest BCUT2D eigenvalue weighted by Crippen LogP contribution is 2.52. The Morgan fingerprint density at radius 1 is 0.812 bits per heavy atom. The number of hydrogen-bond acceptors (Lipinski definition) is 6. The molecule has 0 radical (unpaired) electrons. The summed E-state index contributed by atoms with van der Waals surface area (Å²) in [5.74, 6) is 1.70. The third kappa shape index (κ3) is 4.85. The van der Waals surface area contributed by atoms with Crippen LogP contribution in [0.3, 0.4) is 0 Å². The molecule has 0 spiro atoms. The van der Waals surface area contributed by atoms with Crippen LogP contribution in [0.5, 0.6) is 17.2 Å². The predicted octanol–water partition coefficient (Wildman–Crippen LogP) is 5.17. The number of ether oxygens (including phenoxy) is 3. The number of unbranched alkanes of at least 4 members (excludes halogenated alkanes) is 1. The summed E-state index contributed by atoms with van der Waals surface area (Å²) in [5.41, 5.74) is 9.36. The minimum Gasteiger partial charge on any atom is -0.493 e. The highest BCUT2D eigenvalue weighted by atomic mass is 16.5. The first-order valence-electron chi connectivity index (χ1n) is 11.8. The number of ketones is 1. The van der Waals surface area contributed by atoms with Gasteiger partial charge in [0.1, 0.15) is 23.9 Å². The van der Waals surface area contributed by atoms with Gasteiger partial charge in [0.25, 0.3) is 0 Å². The fourth-order valence-corrected chi connectivity index (χ4v) is 3.96. The third-order valence-electron chi connectivity index (χ3n) is 5.82. The first-order valence-corrected chi connectivity index (χ1v) is 11.8. The Balaban J connectivity index is 2.04. The second kappa shape index (κ2) is 11.2. The Kier molecular flexibility index (Phi) is 8.39. The summed E-state index contributed by atoms with van der Waals surface area (Å²) in [6.45, 7) is 12.8. The number of benzene rings is 2. The van der Waals surface area contributed by atoms with Crippen molar-refractivity contribution in [2.45, 2.75) is 47.0 Å². The number of hydrogen-bond donors (Lipinski definition) is 1. The van der Waals surface area contributed by atoms with Gasteiger partial charge in [-0.15, -0.1) is 0 Å². The van der Waals surface area contributed by atoms with Crippen LogP contribution in [0.25, 0.3) is 11.1 Å². The number of nitrogens with two attached hydrogens (primary N) is 1. The second-order valence-electron chi connectivity index (χ2n) is 7.97. The molecule has 6 heteroatoms. The summed E-state index contributed by atoms with van der Waals surface area (Å²) >= 11 is 0. The molecular weight excluding hydrogens is 404 g/mol. The van der Waals surface area contributed by atoms with E-state index in [1.165, 1.54) is 0 Å². The zero-order valence-corrected chi connectivity index (χ0v) is 19.8. The normalized spacial score (nSPS) is 12.1. The van der Waals surface area contributed by atoms with E-state index in [0.717, 1.165) is 50.0 Å². The highest BCUT2D eigenvalue weighted by Gasteiger charge is 2.36. The summed E-state index contributed by atoms with van der Waals surface area (Å²) in [6.07, 6.45) is 2.79. The lowest BCUT2D eigenvalue weighted by atomic mass is 10.0. The topological polar surface area (TPSA) is 74.0 Å². The minimum atomic E-state index is -0.107. The molecule has 0 amide bonds. The quantitative estimate of drug-likeness (QED) is 0.292. The maximum absolute atomic E-state index is 13.4. The molecule has 0 atom stereocenters. The van der Waals surface area contributed by atoms with Crippen molar-refractivity contribution in [1.82, 2.24) is 4.90 Å². The monoisotopic (exact) mass is 440 g/mol. The number of likely N-dealkylation sites (N-methyl/N-ethyl adjacent to an activating group) is 1. The van der Waals surface area contributed by atoms with E-state index in [1.54, 1.807) is 0 Å². The van der Waals surface area contributed by atoms with Crippen LogP contribution in [0.15, 0.2) is 24.3 Å². The molecule has 2 aromatic rings. The van der Waals surface area contributed by atoms with Gasteiger partial charge in [-0.05, 0) is 32.0 Å². The van der Waals surface area contributed by atoms with E-state index in [4.69, 9.17) is 19.9 Å². The Morgan fingerprint density at radius 3 is 2.22 bits per heavy atom. The molecule has 174 valence electrons. The van der Waals surface area contributed by atoms with E-state index in [9.17, 15) is 4.79 Å². The molecule has 0 aliphatic heterocycles. The summed E-state index contributed by atoms with van der Waals surface area (Å²) in [7, 11) is 0. The van der Waals surface area contributed by atoms with Crippen LogP contribution in [-0.4, -0.2) is 50.1 Å². The number of rotatable bonds is 13. The van der Waals surface area contributed by atoms with E-state index in [0.29, 0.717) is 53.9 Å². The standard InChI is InChI=1S/C26H36N2O4/c1-5-9-15-31-20-17-21(30-14-6-2)25(27)24-23(20)22-18(26(24)29)11-10-12-19(22)32-16-13-28(7-3)8-4/h10-12,17H,5-9,13-16,27H2,1-4H3. The van der Waals surface area contributed by atoms with Crippen molar-refractivity contribution in [3.05, 3.63) is 35.4 Å². The summed E-state index contributed by atoms with van der Waals surface area (Å²) in [4.78, 5) is 15.7. The van der Waals surface area contributed by atoms with E-state index < -0.39 is 0 Å². The van der Waals surface area contributed by atoms with Crippen molar-refractivity contribution in [3.8, 4) is 28.4 Å². The Morgan fingerprint density at radius 2 is 1.53 bits per heavy atom. The Hall–Kier alpha value is -2.73. The summed E-state index contributed by atoms with van der Waals surface area (Å²) < 4.78 is 18.2. The number of carbonyl (C=O) groups excluding carboxylic acids is 1. The van der Waals surface area contributed by atoms with Gasteiger partial charge < -0.3 is 24.8 Å². The lowest BCUT2D eigenvalue weighted by Gasteiger charge is -2.20. The molecule has 0 aromatic heterocycles. The second-order valence-corrected chi connectivity index (χ2v) is 7.97. The molecule has 0 heterocycles. The molecule has 1 aliphatic carbocycles. The molecule has 32 heavy (non-hydrogen) atoms. The van der Waals surface area contributed by atoms with Gasteiger partial charge in [0.2, 0.25) is 0 Å². The van der Waals surface area contributed by atoms with Crippen LogP contribution >= 0.6 is 0 Å². The number of nitrogens with zero attached hydrogens (tertiary/aromatic N) is 1. The molecule has 0 unspecified atom stereocenters. The molecule has 6 nitrogen and oxygen atoms in total. The smallest absolute Gasteiger partial charge is 0.196 e. The van der Waals surface area contributed by atoms with Gasteiger partial charge in [0.05, 0.1) is 24.5 Å². The zero-order valence-electron chi connectivity index (χ0n) is 19.8. The van der Waals surface area contributed by atoms with Gasteiger partial charge in [-0.3, -0.25) is 4.79 Å². The van der Waals surface area contributed by atoms with Crippen LogP contribution in [0.2, 0.25) is 0 Å². The Bertz CT molecular complexity index is 938. The van der Waals surface area contributed by atoms with Crippen LogP contribution in [0, 0.1) is 0 Å². The SMILES string of the molecule is CCCCOc1cc(OCCC)c(N)c2c1-c1c(OCCN(CC)CC)cccc1C2=O. The molecule has 0 fully saturated rings. The van der Waals surface area contributed by atoms with Gasteiger partial charge in [-0.2, -0.15) is 0 Å². The predicted molar refractivity (Wildman–Crippen MR) is 129 cm³/mol. The molecule has 1 aliphatic rings. The van der Waals surface area contributed by atoms with Crippen molar-refractivity contribution in [2.75, 3.05) is 45.2 Å². The lowest BCUT2D eigenvalue weighted by molar-refractivity contribution is 0.104. The Labute approximate surface area is 191 Å². The van der Waals surface area contributed by atoms with Crippen LogP contribution in [0.4, 0.5) is 5.69 Å². The van der Waals surface area contributed by atoms with E-state index in [1.807, 2.05) is 31.2 Å². The molecule has 2 N–H and O–H groups in total. The van der Waals surface area contributed by atoms with Crippen molar-refractivity contribution in [1.29, 1.82) is 0 Å². The van der Waals surface area contributed by atoms with Crippen molar-refractivity contribution in [3.63, 3.8) is 0 Å². The third-order valence-corrected chi connectivity index (χ3v) is 5.82. The number of nitrogen functional groups attached to an aromatic ring is 1. The van der Waals surface area contributed by atoms with Crippen LogP contribution in [0.1, 0.15) is 62.9 Å². The van der Waals surface area contributed by atoms with E-state index in [-0.39, 0.29) is 5.78 Å². The molecular formula is C26H36N2O4. The van der Waals surface area contributed by atoms with Gasteiger partial charge in [-0.1, -0.05) is 46.2 Å². The van der Waals surface area contributed by atoms with Crippen LogP contribution in [-0.2, 0) is 0 Å².